The Kier molecular flexibility index (Phi) is 5.23. The summed E-state index contributed by atoms with van der Waals surface area (Å²) in [6, 6.07) is 12.5. The molecule has 0 unspecified atom stereocenters. The summed E-state index contributed by atoms with van der Waals surface area (Å²) < 4.78 is 0. The lowest BCUT2D eigenvalue weighted by atomic mass is 10.0. The van der Waals surface area contributed by atoms with E-state index in [1.807, 2.05) is 29.8 Å². The van der Waals surface area contributed by atoms with Crippen molar-refractivity contribution in [2.24, 2.45) is 0 Å². The van der Waals surface area contributed by atoms with Gasteiger partial charge in [0.1, 0.15) is 16.5 Å². The summed E-state index contributed by atoms with van der Waals surface area (Å²) in [7, 11) is 0. The summed E-state index contributed by atoms with van der Waals surface area (Å²) in [6.45, 7) is 3.69. The van der Waals surface area contributed by atoms with Crippen LogP contribution in [0, 0.1) is 6.92 Å². The summed E-state index contributed by atoms with van der Waals surface area (Å²) >= 11 is 3.22. The topological polar surface area (TPSA) is 58.1 Å². The Bertz CT molecular complexity index is 1160. The number of benzene rings is 1. The number of amides is 1. The van der Waals surface area contributed by atoms with Gasteiger partial charge in [0, 0.05) is 41.0 Å². The molecular formula is C23H22N4OS2. The van der Waals surface area contributed by atoms with Crippen LogP contribution in [0.1, 0.15) is 29.0 Å². The highest BCUT2D eigenvalue weighted by atomic mass is 32.1. The molecule has 5 nitrogen and oxygen atoms in total. The summed E-state index contributed by atoms with van der Waals surface area (Å²) in [5, 5.41) is 10.3. The van der Waals surface area contributed by atoms with Crippen LogP contribution in [0.2, 0.25) is 0 Å². The first kappa shape index (κ1) is 19.2. The minimum Gasteiger partial charge on any atom is -0.356 e. The maximum absolute atomic E-state index is 12.4. The second-order valence-corrected chi connectivity index (χ2v) is 9.17. The standard InChI is InChI=1S/C23H22N4OS2/c1-15-24-21(20-19(14-30-23(20)25-15)16-5-3-2-4-6-16)27-10-7-18(8-11-27)26-22(28)17-9-12-29-13-17/h2-6,9,12-14,18H,7-8,10-11H2,1H3,(H,26,28). The largest absolute Gasteiger partial charge is 0.356 e. The van der Waals surface area contributed by atoms with E-state index in [9.17, 15) is 4.79 Å². The van der Waals surface area contributed by atoms with E-state index in [-0.39, 0.29) is 11.9 Å². The molecule has 3 aromatic heterocycles. The van der Waals surface area contributed by atoms with Crippen molar-refractivity contribution in [2.45, 2.75) is 25.8 Å². The number of carbonyl (C=O) groups is 1. The van der Waals surface area contributed by atoms with Gasteiger partial charge >= 0.3 is 0 Å². The number of anilines is 1. The Morgan fingerprint density at radius 2 is 1.90 bits per heavy atom. The number of nitrogens with one attached hydrogen (secondary N) is 1. The molecule has 1 aromatic carbocycles. The van der Waals surface area contributed by atoms with Crippen LogP contribution < -0.4 is 10.2 Å². The molecule has 4 heterocycles. The van der Waals surface area contributed by atoms with Gasteiger partial charge in [0.15, 0.2) is 0 Å². The molecule has 30 heavy (non-hydrogen) atoms. The van der Waals surface area contributed by atoms with Crippen LogP contribution in [0.4, 0.5) is 5.82 Å². The fourth-order valence-electron chi connectivity index (χ4n) is 3.98. The Hall–Kier alpha value is -2.77. The number of piperidine rings is 1. The Labute approximate surface area is 183 Å². The van der Waals surface area contributed by atoms with Crippen molar-refractivity contribution in [2.75, 3.05) is 18.0 Å². The average molecular weight is 435 g/mol. The SMILES string of the molecule is Cc1nc(N2CCC(NC(=O)c3ccsc3)CC2)c2c(-c3ccccc3)csc2n1. The van der Waals surface area contributed by atoms with E-state index in [0.29, 0.717) is 0 Å². The van der Waals surface area contributed by atoms with Gasteiger partial charge in [-0.3, -0.25) is 4.79 Å². The molecule has 0 radical (unpaired) electrons. The van der Waals surface area contributed by atoms with Crippen LogP contribution in [0.3, 0.4) is 0 Å². The molecule has 7 heteroatoms. The minimum absolute atomic E-state index is 0.0270. The van der Waals surface area contributed by atoms with E-state index in [2.05, 4.69) is 44.8 Å². The van der Waals surface area contributed by atoms with Crippen LogP contribution in [-0.2, 0) is 0 Å². The molecule has 152 valence electrons. The van der Waals surface area contributed by atoms with Crippen LogP contribution in [0.5, 0.6) is 0 Å². The van der Waals surface area contributed by atoms with Gasteiger partial charge in [-0.05, 0) is 36.8 Å². The number of thiophene rings is 2. The van der Waals surface area contributed by atoms with E-state index in [1.54, 1.807) is 22.7 Å². The van der Waals surface area contributed by atoms with Crippen LogP contribution >= 0.6 is 22.7 Å². The highest BCUT2D eigenvalue weighted by Gasteiger charge is 2.25. The molecule has 1 aliphatic rings. The number of aryl methyl sites for hydroxylation is 1. The molecule has 4 aromatic rings. The average Bonchev–Trinajstić information content (AvgIpc) is 3.45. The summed E-state index contributed by atoms with van der Waals surface area (Å²) in [5.74, 6) is 1.84. The van der Waals surface area contributed by atoms with E-state index >= 15 is 0 Å². The van der Waals surface area contributed by atoms with Gasteiger partial charge in [-0.2, -0.15) is 11.3 Å². The number of hydrogen-bond donors (Lipinski definition) is 1. The summed E-state index contributed by atoms with van der Waals surface area (Å²) in [4.78, 5) is 25.3. The van der Waals surface area contributed by atoms with Crippen LogP contribution in [-0.4, -0.2) is 35.0 Å². The summed E-state index contributed by atoms with van der Waals surface area (Å²) in [6.07, 6.45) is 1.82. The zero-order chi connectivity index (χ0) is 20.5. The summed E-state index contributed by atoms with van der Waals surface area (Å²) in [5.41, 5.74) is 3.13. The molecule has 1 N–H and O–H groups in total. The first-order valence-corrected chi connectivity index (χ1v) is 11.9. The Balaban J connectivity index is 1.39. The van der Waals surface area contributed by atoms with Crippen molar-refractivity contribution in [3.8, 4) is 11.1 Å². The predicted octanol–water partition coefficient (Wildman–Crippen LogP) is 5.13. The fourth-order valence-corrected chi connectivity index (χ4v) is 5.61. The monoisotopic (exact) mass is 434 g/mol. The maximum atomic E-state index is 12.4. The highest BCUT2D eigenvalue weighted by Crippen LogP contribution is 2.38. The number of nitrogens with zero attached hydrogens (tertiary/aromatic N) is 3. The number of hydrogen-bond acceptors (Lipinski definition) is 6. The number of aromatic nitrogens is 2. The molecule has 1 aliphatic heterocycles. The fraction of sp³-hybridized carbons (Fsp3) is 0.261. The molecule has 0 atom stereocenters. The lowest BCUT2D eigenvalue weighted by molar-refractivity contribution is 0.0931. The van der Waals surface area contributed by atoms with E-state index in [4.69, 9.17) is 4.98 Å². The lowest BCUT2D eigenvalue weighted by Crippen LogP contribution is -2.45. The maximum Gasteiger partial charge on any atom is 0.252 e. The molecular weight excluding hydrogens is 412 g/mol. The van der Waals surface area contributed by atoms with Crippen molar-refractivity contribution in [1.82, 2.24) is 15.3 Å². The van der Waals surface area contributed by atoms with E-state index in [0.717, 1.165) is 53.4 Å². The van der Waals surface area contributed by atoms with Crippen molar-refractivity contribution < 1.29 is 4.79 Å². The number of fused-ring (bicyclic) bond motifs is 1. The second-order valence-electron chi connectivity index (χ2n) is 7.54. The molecule has 1 fully saturated rings. The van der Waals surface area contributed by atoms with Crippen LogP contribution in [0.25, 0.3) is 21.3 Å². The van der Waals surface area contributed by atoms with Gasteiger partial charge in [0.25, 0.3) is 5.91 Å². The number of carbonyl (C=O) groups excluding carboxylic acids is 1. The zero-order valence-electron chi connectivity index (χ0n) is 16.7. The van der Waals surface area contributed by atoms with E-state index < -0.39 is 0 Å². The van der Waals surface area contributed by atoms with Gasteiger partial charge in [0.2, 0.25) is 0 Å². The molecule has 0 saturated carbocycles. The third kappa shape index (κ3) is 3.70. The van der Waals surface area contributed by atoms with Crippen molar-refractivity contribution >= 4 is 44.6 Å². The van der Waals surface area contributed by atoms with Crippen molar-refractivity contribution in [3.05, 3.63) is 63.9 Å². The van der Waals surface area contributed by atoms with Gasteiger partial charge in [-0.15, -0.1) is 11.3 Å². The molecule has 0 bridgehead atoms. The van der Waals surface area contributed by atoms with Gasteiger partial charge in [-0.1, -0.05) is 30.3 Å². The van der Waals surface area contributed by atoms with Crippen molar-refractivity contribution in [1.29, 1.82) is 0 Å². The van der Waals surface area contributed by atoms with Crippen molar-refractivity contribution in [3.63, 3.8) is 0 Å². The smallest absolute Gasteiger partial charge is 0.252 e. The number of rotatable bonds is 4. The normalized spacial score (nSPS) is 14.9. The second kappa shape index (κ2) is 8.16. The third-order valence-corrected chi connectivity index (χ3v) is 7.08. The van der Waals surface area contributed by atoms with Gasteiger partial charge < -0.3 is 10.2 Å². The highest BCUT2D eigenvalue weighted by molar-refractivity contribution is 7.17. The molecule has 0 spiro atoms. The zero-order valence-corrected chi connectivity index (χ0v) is 18.3. The molecule has 5 rings (SSSR count). The van der Waals surface area contributed by atoms with Gasteiger partial charge in [-0.25, -0.2) is 9.97 Å². The lowest BCUT2D eigenvalue weighted by Gasteiger charge is -2.33. The Morgan fingerprint density at radius 1 is 1.10 bits per heavy atom. The third-order valence-electron chi connectivity index (χ3n) is 5.52. The quantitative estimate of drug-likeness (QED) is 0.484. The Morgan fingerprint density at radius 3 is 2.63 bits per heavy atom. The molecule has 1 saturated heterocycles. The predicted molar refractivity (Wildman–Crippen MR) is 125 cm³/mol. The first-order chi connectivity index (χ1) is 14.7. The minimum atomic E-state index is 0.0270. The van der Waals surface area contributed by atoms with Gasteiger partial charge in [0.05, 0.1) is 5.39 Å². The van der Waals surface area contributed by atoms with Crippen LogP contribution in [0.15, 0.2) is 52.5 Å². The van der Waals surface area contributed by atoms with E-state index in [1.165, 1.54) is 11.1 Å². The first-order valence-electron chi connectivity index (χ1n) is 10.1. The molecule has 0 aliphatic carbocycles. The molecule has 1 amide bonds.